The van der Waals surface area contributed by atoms with Crippen LogP contribution in [0.1, 0.15) is 13.8 Å². The molecule has 16 heavy (non-hydrogen) atoms. The summed E-state index contributed by atoms with van der Waals surface area (Å²) >= 11 is 0. The molecule has 0 saturated carbocycles. The molecule has 0 spiro atoms. The van der Waals surface area contributed by atoms with Crippen molar-refractivity contribution in [1.29, 1.82) is 0 Å². The lowest BCUT2D eigenvalue weighted by Crippen LogP contribution is -2.15. The van der Waals surface area contributed by atoms with E-state index in [0.29, 0.717) is 5.69 Å². The van der Waals surface area contributed by atoms with Crippen molar-refractivity contribution in [3.8, 4) is 0 Å². The molecule has 88 valence electrons. The average molecular weight is 225 g/mol. The molecule has 0 heterocycles. The summed E-state index contributed by atoms with van der Waals surface area (Å²) in [5.74, 6) is -0.998. The molecule has 1 rings (SSSR count). The number of carbonyl (C=O) groups is 2. The second kappa shape index (κ2) is 7.28. The number of amides is 1. The van der Waals surface area contributed by atoms with Gasteiger partial charge in [0, 0.05) is 5.69 Å². The summed E-state index contributed by atoms with van der Waals surface area (Å²) in [4.78, 5) is 21.2. The van der Waals surface area contributed by atoms with Crippen LogP contribution < -0.4 is 5.32 Å². The normalized spacial score (nSPS) is 8.75. The van der Waals surface area contributed by atoms with Gasteiger partial charge in [-0.05, 0) is 12.1 Å². The summed E-state index contributed by atoms with van der Waals surface area (Å²) in [5, 5.41) is 10.8. The lowest BCUT2D eigenvalue weighted by atomic mass is 10.3. The maximum atomic E-state index is 11.1. The number of hydrogen-bond donors (Lipinski definition) is 2. The molecule has 1 amide bonds. The molecule has 0 fully saturated rings. The van der Waals surface area contributed by atoms with E-state index in [1.165, 1.54) is 0 Å². The second-order valence-corrected chi connectivity index (χ2v) is 2.77. The van der Waals surface area contributed by atoms with E-state index in [0.717, 1.165) is 0 Å². The molecule has 0 aromatic heterocycles. The molecule has 0 aliphatic rings. The van der Waals surface area contributed by atoms with Crippen molar-refractivity contribution < 1.29 is 19.4 Å². The SMILES string of the molecule is C.O=C(O)CCOC(=O)Nc1ccccc1. The van der Waals surface area contributed by atoms with E-state index in [2.05, 4.69) is 10.1 Å². The Labute approximate surface area is 94.0 Å². The molecule has 0 bridgehead atoms. The van der Waals surface area contributed by atoms with Crippen LogP contribution in [0, 0.1) is 0 Å². The number of carboxylic acids is 1. The van der Waals surface area contributed by atoms with Crippen LogP contribution >= 0.6 is 0 Å². The van der Waals surface area contributed by atoms with Gasteiger partial charge >= 0.3 is 12.1 Å². The summed E-state index contributed by atoms with van der Waals surface area (Å²) in [5.41, 5.74) is 0.609. The van der Waals surface area contributed by atoms with Crippen molar-refractivity contribution in [2.24, 2.45) is 0 Å². The summed E-state index contributed by atoms with van der Waals surface area (Å²) in [6.07, 6.45) is -0.843. The third-order valence-electron chi connectivity index (χ3n) is 1.57. The van der Waals surface area contributed by atoms with Crippen molar-refractivity contribution in [1.82, 2.24) is 0 Å². The molecular weight excluding hydrogens is 210 g/mol. The molecule has 2 N–H and O–H groups in total. The minimum Gasteiger partial charge on any atom is -0.481 e. The highest BCUT2D eigenvalue weighted by molar-refractivity contribution is 5.84. The predicted octanol–water partition coefficient (Wildman–Crippen LogP) is 2.35. The molecular formula is C11H15NO4. The largest absolute Gasteiger partial charge is 0.481 e. The number of ether oxygens (including phenoxy) is 1. The van der Waals surface area contributed by atoms with Crippen LogP contribution in [0.2, 0.25) is 0 Å². The molecule has 0 aliphatic heterocycles. The van der Waals surface area contributed by atoms with E-state index in [9.17, 15) is 9.59 Å². The molecule has 0 unspecified atom stereocenters. The molecule has 0 saturated heterocycles. The monoisotopic (exact) mass is 225 g/mol. The van der Waals surface area contributed by atoms with Crippen molar-refractivity contribution in [3.63, 3.8) is 0 Å². The quantitative estimate of drug-likeness (QED) is 0.824. The van der Waals surface area contributed by atoms with Crippen molar-refractivity contribution in [2.45, 2.75) is 13.8 Å². The van der Waals surface area contributed by atoms with Crippen LogP contribution in [0.4, 0.5) is 10.5 Å². The van der Waals surface area contributed by atoms with Gasteiger partial charge in [-0.3, -0.25) is 10.1 Å². The van der Waals surface area contributed by atoms with E-state index in [1.54, 1.807) is 24.3 Å². The van der Waals surface area contributed by atoms with Crippen LogP contribution in [-0.4, -0.2) is 23.8 Å². The van der Waals surface area contributed by atoms with Gasteiger partial charge < -0.3 is 9.84 Å². The molecule has 5 nitrogen and oxygen atoms in total. The topological polar surface area (TPSA) is 75.6 Å². The Morgan fingerprint density at radius 3 is 2.44 bits per heavy atom. The number of hydrogen-bond acceptors (Lipinski definition) is 3. The second-order valence-electron chi connectivity index (χ2n) is 2.77. The molecule has 1 aromatic carbocycles. The Hall–Kier alpha value is -2.04. The van der Waals surface area contributed by atoms with Crippen LogP contribution in [0.5, 0.6) is 0 Å². The third-order valence-corrected chi connectivity index (χ3v) is 1.57. The summed E-state index contributed by atoms with van der Waals surface area (Å²) in [7, 11) is 0. The minimum atomic E-state index is -0.998. The predicted molar refractivity (Wildman–Crippen MR) is 60.4 cm³/mol. The van der Waals surface area contributed by atoms with Gasteiger partial charge in [-0.25, -0.2) is 4.79 Å². The van der Waals surface area contributed by atoms with E-state index >= 15 is 0 Å². The maximum Gasteiger partial charge on any atom is 0.411 e. The molecule has 0 atom stereocenters. The van der Waals surface area contributed by atoms with E-state index in [-0.39, 0.29) is 20.5 Å². The fourth-order valence-corrected chi connectivity index (χ4v) is 0.906. The average Bonchev–Trinajstić information content (AvgIpc) is 2.18. The smallest absolute Gasteiger partial charge is 0.411 e. The van der Waals surface area contributed by atoms with Crippen LogP contribution in [0.3, 0.4) is 0 Å². The molecule has 1 aromatic rings. The van der Waals surface area contributed by atoms with Gasteiger partial charge in [-0.2, -0.15) is 0 Å². The van der Waals surface area contributed by atoms with Crippen LogP contribution in [-0.2, 0) is 9.53 Å². The Morgan fingerprint density at radius 2 is 1.88 bits per heavy atom. The Morgan fingerprint density at radius 1 is 1.25 bits per heavy atom. The third kappa shape index (κ3) is 5.64. The van der Waals surface area contributed by atoms with Crippen molar-refractivity contribution >= 4 is 17.7 Å². The zero-order chi connectivity index (χ0) is 11.1. The van der Waals surface area contributed by atoms with Gasteiger partial charge in [0.05, 0.1) is 6.42 Å². The first-order valence-corrected chi connectivity index (χ1v) is 4.39. The number of nitrogens with one attached hydrogen (secondary N) is 1. The minimum absolute atomic E-state index is 0. The highest BCUT2D eigenvalue weighted by Gasteiger charge is 2.03. The summed E-state index contributed by atoms with van der Waals surface area (Å²) in [6.45, 7) is -0.131. The summed E-state index contributed by atoms with van der Waals surface area (Å²) < 4.78 is 4.63. The number of para-hydroxylation sites is 1. The lowest BCUT2D eigenvalue weighted by Gasteiger charge is -2.05. The van der Waals surface area contributed by atoms with E-state index in [4.69, 9.17) is 5.11 Å². The van der Waals surface area contributed by atoms with Gasteiger partial charge in [-0.1, -0.05) is 25.6 Å². The number of aliphatic carboxylic acids is 1. The van der Waals surface area contributed by atoms with Gasteiger partial charge in [0.25, 0.3) is 0 Å². The number of carboxylic acid groups (broad SMARTS) is 1. The Balaban J connectivity index is 0.00000225. The van der Waals surface area contributed by atoms with Crippen molar-refractivity contribution in [2.75, 3.05) is 11.9 Å². The fourth-order valence-electron chi connectivity index (χ4n) is 0.906. The Bertz CT molecular complexity index is 337. The zero-order valence-corrected chi connectivity index (χ0v) is 7.97. The van der Waals surface area contributed by atoms with Gasteiger partial charge in [0.15, 0.2) is 0 Å². The molecule has 0 aliphatic carbocycles. The number of anilines is 1. The van der Waals surface area contributed by atoms with E-state index in [1.807, 2.05) is 6.07 Å². The lowest BCUT2D eigenvalue weighted by molar-refractivity contribution is -0.137. The van der Waals surface area contributed by atoms with Gasteiger partial charge in [-0.15, -0.1) is 0 Å². The molecule has 0 radical (unpaired) electrons. The zero-order valence-electron chi connectivity index (χ0n) is 7.97. The first kappa shape index (κ1) is 14.0. The van der Waals surface area contributed by atoms with Gasteiger partial charge in [0.1, 0.15) is 6.61 Å². The van der Waals surface area contributed by atoms with Crippen LogP contribution in [0.15, 0.2) is 30.3 Å². The van der Waals surface area contributed by atoms with Crippen LogP contribution in [0.25, 0.3) is 0 Å². The number of carbonyl (C=O) groups excluding carboxylic acids is 1. The first-order valence-electron chi connectivity index (χ1n) is 4.39. The molecule has 5 heteroatoms. The highest BCUT2D eigenvalue weighted by atomic mass is 16.5. The fraction of sp³-hybridized carbons (Fsp3) is 0.273. The Kier molecular flexibility index (Phi) is 6.35. The number of benzene rings is 1. The standard InChI is InChI=1S/C10H11NO4.CH4/c12-9(13)6-7-15-10(14)11-8-4-2-1-3-5-8;/h1-5H,6-7H2,(H,11,14)(H,12,13);1H4. The first-order chi connectivity index (χ1) is 7.18. The number of rotatable bonds is 4. The van der Waals surface area contributed by atoms with Crippen molar-refractivity contribution in [3.05, 3.63) is 30.3 Å². The maximum absolute atomic E-state index is 11.1. The van der Waals surface area contributed by atoms with Gasteiger partial charge in [0.2, 0.25) is 0 Å². The van der Waals surface area contributed by atoms with E-state index < -0.39 is 12.1 Å². The summed E-state index contributed by atoms with van der Waals surface area (Å²) in [6, 6.07) is 8.78. The highest BCUT2D eigenvalue weighted by Crippen LogP contribution is 2.05.